The number of anilines is 2. The molecule has 0 saturated carbocycles. The monoisotopic (exact) mass is 509 g/mol. The Morgan fingerprint density at radius 1 is 1.19 bits per heavy atom. The van der Waals surface area contributed by atoms with E-state index in [1.165, 1.54) is 25.3 Å². The average molecular weight is 509 g/mol. The van der Waals surface area contributed by atoms with E-state index in [0.717, 1.165) is 4.68 Å². The van der Waals surface area contributed by atoms with Gasteiger partial charge in [0.2, 0.25) is 17.7 Å². The Hall–Kier alpha value is -4.24. The fourth-order valence-corrected chi connectivity index (χ4v) is 3.93. The van der Waals surface area contributed by atoms with Crippen molar-refractivity contribution < 1.29 is 31.2 Å². The molecule has 0 aliphatic carbocycles. The SMILES string of the molecule is Cc1nnc(C2(C)C(=O)Nc3nc(-c4nn(CCC(F)(F)C(F)(F)F)c5ncccc45)nc(N)c32)o1. The Bertz CT molecular complexity index is 1510. The number of nitrogen functional groups attached to an aromatic ring is 1. The Kier molecular flexibility index (Phi) is 4.98. The summed E-state index contributed by atoms with van der Waals surface area (Å²) in [5.74, 6) is -5.45. The van der Waals surface area contributed by atoms with Gasteiger partial charge in [-0.1, -0.05) is 0 Å². The number of pyridine rings is 1. The number of fused-ring (bicyclic) bond motifs is 2. The summed E-state index contributed by atoms with van der Waals surface area (Å²) in [6.45, 7) is 2.28. The average Bonchev–Trinajstić information content (AvgIpc) is 3.47. The van der Waals surface area contributed by atoms with Crippen molar-refractivity contribution in [3.63, 3.8) is 0 Å². The molecular formula is C20H16F5N9O2. The molecule has 0 saturated heterocycles. The number of aryl methyl sites for hydroxylation is 2. The highest BCUT2D eigenvalue weighted by atomic mass is 19.4. The molecule has 1 aliphatic heterocycles. The Labute approximate surface area is 197 Å². The standard InChI is InChI=1S/C20H16F5N9O2/c1-8-31-32-17(36-8)18(2)10-12(26)28-14(29-13(10)30-16(18)35)11-9-4-3-6-27-15(9)34(33-11)7-5-19(21,22)20(23,24)25/h3-4,6H,5,7H2,1-2H3,(H3,26,28,29,30,35). The molecule has 11 nitrogen and oxygen atoms in total. The number of nitrogens with one attached hydrogen (secondary N) is 1. The van der Waals surface area contributed by atoms with Crippen molar-refractivity contribution in [1.29, 1.82) is 0 Å². The van der Waals surface area contributed by atoms with Crippen molar-refractivity contribution >= 4 is 28.6 Å². The Balaban J connectivity index is 1.58. The zero-order chi connectivity index (χ0) is 26.0. The van der Waals surface area contributed by atoms with Gasteiger partial charge in [-0.2, -0.15) is 27.1 Å². The summed E-state index contributed by atoms with van der Waals surface area (Å²) in [4.78, 5) is 25.5. The van der Waals surface area contributed by atoms with E-state index in [0.29, 0.717) is 0 Å². The number of nitrogens with two attached hydrogens (primary N) is 1. The van der Waals surface area contributed by atoms with Crippen molar-refractivity contribution in [3.05, 3.63) is 35.7 Å². The lowest BCUT2D eigenvalue weighted by Gasteiger charge is -2.19. The summed E-state index contributed by atoms with van der Waals surface area (Å²) in [5.41, 5.74) is 4.98. The summed E-state index contributed by atoms with van der Waals surface area (Å²) >= 11 is 0. The van der Waals surface area contributed by atoms with Crippen LogP contribution < -0.4 is 11.1 Å². The lowest BCUT2D eigenvalue weighted by atomic mass is 9.84. The van der Waals surface area contributed by atoms with Crippen LogP contribution >= 0.6 is 0 Å². The minimum atomic E-state index is -5.70. The molecule has 36 heavy (non-hydrogen) atoms. The summed E-state index contributed by atoms with van der Waals surface area (Å²) in [7, 11) is 0. The van der Waals surface area contributed by atoms with Crippen LogP contribution in [0.5, 0.6) is 0 Å². The van der Waals surface area contributed by atoms with Crippen molar-refractivity contribution in [2.24, 2.45) is 0 Å². The molecule has 1 unspecified atom stereocenters. The fourth-order valence-electron chi connectivity index (χ4n) is 3.93. The van der Waals surface area contributed by atoms with Crippen LogP contribution in [0.15, 0.2) is 22.7 Å². The minimum Gasteiger partial charge on any atom is -0.424 e. The number of hydrogen-bond acceptors (Lipinski definition) is 9. The zero-order valence-corrected chi connectivity index (χ0v) is 18.6. The lowest BCUT2D eigenvalue weighted by molar-refractivity contribution is -0.285. The third kappa shape index (κ3) is 3.43. The van der Waals surface area contributed by atoms with E-state index in [4.69, 9.17) is 10.2 Å². The number of carbonyl (C=O) groups is 1. The van der Waals surface area contributed by atoms with Gasteiger partial charge in [0.15, 0.2) is 16.9 Å². The van der Waals surface area contributed by atoms with Crippen LogP contribution in [0.4, 0.5) is 33.6 Å². The van der Waals surface area contributed by atoms with E-state index in [-0.39, 0.29) is 51.5 Å². The van der Waals surface area contributed by atoms with Crippen LogP contribution in [0.3, 0.4) is 0 Å². The molecule has 3 N–H and O–H groups in total. The summed E-state index contributed by atoms with van der Waals surface area (Å²) in [6, 6.07) is 3.05. The van der Waals surface area contributed by atoms with Crippen LogP contribution in [0.2, 0.25) is 0 Å². The number of halogens is 5. The van der Waals surface area contributed by atoms with E-state index >= 15 is 0 Å². The molecule has 16 heteroatoms. The van der Waals surface area contributed by atoms with Crippen LogP contribution in [-0.2, 0) is 16.8 Å². The molecule has 0 spiro atoms. The van der Waals surface area contributed by atoms with Crippen molar-refractivity contribution in [2.45, 2.75) is 44.3 Å². The predicted octanol–water partition coefficient (Wildman–Crippen LogP) is 3.01. The van der Waals surface area contributed by atoms with Gasteiger partial charge in [-0.25, -0.2) is 19.6 Å². The summed E-state index contributed by atoms with van der Waals surface area (Å²) < 4.78 is 71.3. The maximum atomic E-state index is 13.5. The number of carbonyl (C=O) groups excluding carboxylic acids is 1. The molecule has 1 amide bonds. The van der Waals surface area contributed by atoms with E-state index in [1.54, 1.807) is 6.92 Å². The van der Waals surface area contributed by atoms with Gasteiger partial charge in [-0.05, 0) is 19.1 Å². The maximum absolute atomic E-state index is 13.5. The first-order chi connectivity index (χ1) is 16.8. The summed E-state index contributed by atoms with van der Waals surface area (Å²) in [6.07, 6.45) is -5.91. The first kappa shape index (κ1) is 23.5. The van der Waals surface area contributed by atoms with Gasteiger partial charge in [0.1, 0.15) is 17.3 Å². The minimum absolute atomic E-state index is 0.0242. The van der Waals surface area contributed by atoms with E-state index < -0.39 is 36.4 Å². The zero-order valence-electron chi connectivity index (χ0n) is 18.6. The first-order valence-electron chi connectivity index (χ1n) is 10.4. The molecule has 4 aromatic heterocycles. The molecular weight excluding hydrogens is 493 g/mol. The van der Waals surface area contributed by atoms with Crippen molar-refractivity contribution in [3.8, 4) is 11.5 Å². The van der Waals surface area contributed by atoms with Crippen LogP contribution in [-0.4, -0.2) is 52.9 Å². The third-order valence-corrected chi connectivity index (χ3v) is 5.85. The van der Waals surface area contributed by atoms with Crippen molar-refractivity contribution in [1.82, 2.24) is 34.9 Å². The second-order valence-electron chi connectivity index (χ2n) is 8.26. The van der Waals surface area contributed by atoms with Gasteiger partial charge < -0.3 is 15.5 Å². The molecule has 5 rings (SSSR count). The Morgan fingerprint density at radius 3 is 2.61 bits per heavy atom. The number of alkyl halides is 5. The molecule has 0 aromatic carbocycles. The molecule has 0 radical (unpaired) electrons. The van der Waals surface area contributed by atoms with Gasteiger partial charge >= 0.3 is 12.1 Å². The fraction of sp³-hybridized carbons (Fsp3) is 0.350. The van der Waals surface area contributed by atoms with E-state index in [9.17, 15) is 26.7 Å². The second-order valence-corrected chi connectivity index (χ2v) is 8.26. The molecule has 1 aliphatic rings. The first-order valence-corrected chi connectivity index (χ1v) is 10.4. The maximum Gasteiger partial charge on any atom is 0.453 e. The van der Waals surface area contributed by atoms with E-state index in [1.807, 2.05) is 0 Å². The van der Waals surface area contributed by atoms with Crippen LogP contribution in [0, 0.1) is 6.92 Å². The molecule has 4 aromatic rings. The molecule has 1 atom stereocenters. The van der Waals surface area contributed by atoms with Crippen LogP contribution in [0.1, 0.15) is 30.7 Å². The number of aromatic nitrogens is 7. The number of amides is 1. The van der Waals surface area contributed by atoms with Gasteiger partial charge in [0.25, 0.3) is 0 Å². The van der Waals surface area contributed by atoms with Gasteiger partial charge in [-0.15, -0.1) is 10.2 Å². The molecule has 188 valence electrons. The van der Waals surface area contributed by atoms with Gasteiger partial charge in [0, 0.05) is 26.1 Å². The van der Waals surface area contributed by atoms with Gasteiger partial charge in [0.05, 0.1) is 10.9 Å². The summed E-state index contributed by atoms with van der Waals surface area (Å²) in [5, 5.41) is 14.7. The quantitative estimate of drug-likeness (QED) is 0.387. The van der Waals surface area contributed by atoms with Crippen LogP contribution in [0.25, 0.3) is 22.6 Å². The second kappa shape index (κ2) is 7.63. The normalized spacial score (nSPS) is 18.0. The van der Waals surface area contributed by atoms with E-state index in [2.05, 4.69) is 35.6 Å². The molecule has 0 fully saturated rings. The smallest absolute Gasteiger partial charge is 0.424 e. The Morgan fingerprint density at radius 2 is 1.94 bits per heavy atom. The number of hydrogen-bond donors (Lipinski definition) is 2. The largest absolute Gasteiger partial charge is 0.453 e. The highest BCUT2D eigenvalue weighted by molar-refractivity contribution is 6.08. The number of rotatable bonds is 5. The highest BCUT2D eigenvalue weighted by Crippen LogP contribution is 2.45. The van der Waals surface area contributed by atoms with Crippen molar-refractivity contribution in [2.75, 3.05) is 11.1 Å². The highest BCUT2D eigenvalue weighted by Gasteiger charge is 2.57. The number of nitrogens with zero attached hydrogens (tertiary/aromatic N) is 7. The van der Waals surface area contributed by atoms with Gasteiger partial charge in [-0.3, -0.25) is 4.79 Å². The molecule has 5 heterocycles. The molecule has 0 bridgehead atoms. The lowest BCUT2D eigenvalue weighted by Crippen LogP contribution is -2.37. The third-order valence-electron chi connectivity index (χ3n) is 5.85. The topological polar surface area (TPSA) is 151 Å². The predicted molar refractivity (Wildman–Crippen MR) is 113 cm³/mol.